The molecule has 2 aromatic carbocycles. The van der Waals surface area contributed by atoms with Crippen LogP contribution in [-0.2, 0) is 6.18 Å². The van der Waals surface area contributed by atoms with Crippen LogP contribution in [0.25, 0.3) is 0 Å². The van der Waals surface area contributed by atoms with Crippen LogP contribution in [-0.4, -0.2) is 42.4 Å². The smallest absolute Gasteiger partial charge is 0.416 e. The van der Waals surface area contributed by atoms with Gasteiger partial charge in [-0.15, -0.1) is 0 Å². The van der Waals surface area contributed by atoms with E-state index < -0.39 is 17.3 Å². The Kier molecular flexibility index (Phi) is 4.95. The number of carbonyl (C=O) groups excluding carboxylic acids is 2. The van der Waals surface area contributed by atoms with Gasteiger partial charge in [0.1, 0.15) is 17.1 Å². The first kappa shape index (κ1) is 20.3. The zero-order chi connectivity index (χ0) is 21.5. The van der Waals surface area contributed by atoms with Crippen molar-refractivity contribution in [1.82, 2.24) is 4.90 Å². The number of piperidine rings is 1. The normalized spacial score (nSPS) is 18.0. The molecule has 0 radical (unpaired) electrons. The molecule has 0 N–H and O–H groups in total. The van der Waals surface area contributed by atoms with Gasteiger partial charge in [0.25, 0.3) is 5.91 Å². The third kappa shape index (κ3) is 3.74. The van der Waals surface area contributed by atoms with Crippen molar-refractivity contribution >= 4 is 11.7 Å². The van der Waals surface area contributed by atoms with Crippen molar-refractivity contribution in [1.29, 1.82) is 0 Å². The van der Waals surface area contributed by atoms with Crippen molar-refractivity contribution in [3.8, 4) is 11.5 Å². The number of benzene rings is 2. The van der Waals surface area contributed by atoms with Gasteiger partial charge in [-0.25, -0.2) is 0 Å². The summed E-state index contributed by atoms with van der Waals surface area (Å²) >= 11 is 0. The Morgan fingerprint density at radius 3 is 2.37 bits per heavy atom. The standard InChI is InChI=1S/C22H20F3NO4/c1-29-16-6-7-19-17(12-16)18(27)13-21(30-19)8-10-26(11-9-21)20(28)14-2-4-15(5-3-14)22(23,24)25/h2-7,12H,8-11,13H2,1H3. The van der Waals surface area contributed by atoms with Crippen LogP contribution in [0.4, 0.5) is 13.2 Å². The van der Waals surface area contributed by atoms with E-state index >= 15 is 0 Å². The topological polar surface area (TPSA) is 55.8 Å². The van der Waals surface area contributed by atoms with E-state index in [1.54, 1.807) is 23.1 Å². The average Bonchev–Trinajstić information content (AvgIpc) is 2.73. The highest BCUT2D eigenvalue weighted by molar-refractivity contribution is 6.01. The number of nitrogens with zero attached hydrogens (tertiary/aromatic N) is 1. The van der Waals surface area contributed by atoms with E-state index in [4.69, 9.17) is 9.47 Å². The number of rotatable bonds is 2. The highest BCUT2D eigenvalue weighted by atomic mass is 19.4. The van der Waals surface area contributed by atoms with Crippen LogP contribution in [0.3, 0.4) is 0 Å². The molecule has 0 aromatic heterocycles. The second kappa shape index (κ2) is 7.34. The first-order valence-corrected chi connectivity index (χ1v) is 9.58. The fourth-order valence-electron chi connectivity index (χ4n) is 3.98. The molecule has 158 valence electrons. The van der Waals surface area contributed by atoms with E-state index in [0.717, 1.165) is 12.1 Å². The van der Waals surface area contributed by atoms with Crippen molar-refractivity contribution in [2.75, 3.05) is 20.2 Å². The number of hydrogen-bond donors (Lipinski definition) is 0. The Morgan fingerprint density at radius 2 is 1.77 bits per heavy atom. The molecule has 4 rings (SSSR count). The molecule has 0 aliphatic carbocycles. The number of hydrogen-bond acceptors (Lipinski definition) is 4. The van der Waals surface area contributed by atoms with Gasteiger partial charge in [0.2, 0.25) is 0 Å². The number of likely N-dealkylation sites (tertiary alicyclic amines) is 1. The number of amides is 1. The molecular weight excluding hydrogens is 399 g/mol. The van der Waals surface area contributed by atoms with Crippen LogP contribution in [0.5, 0.6) is 11.5 Å². The molecule has 2 aliphatic rings. The number of ketones is 1. The van der Waals surface area contributed by atoms with Gasteiger partial charge in [-0.05, 0) is 42.5 Å². The first-order valence-electron chi connectivity index (χ1n) is 9.58. The van der Waals surface area contributed by atoms with Crippen LogP contribution in [0, 0.1) is 0 Å². The summed E-state index contributed by atoms with van der Waals surface area (Å²) in [5, 5.41) is 0. The largest absolute Gasteiger partial charge is 0.497 e. The summed E-state index contributed by atoms with van der Waals surface area (Å²) in [6.07, 6.45) is -3.28. The molecule has 30 heavy (non-hydrogen) atoms. The van der Waals surface area contributed by atoms with Crippen LogP contribution < -0.4 is 9.47 Å². The molecule has 0 bridgehead atoms. The van der Waals surface area contributed by atoms with Crippen LogP contribution >= 0.6 is 0 Å². The molecular formula is C22H20F3NO4. The highest BCUT2D eigenvalue weighted by Crippen LogP contribution is 2.40. The minimum absolute atomic E-state index is 0.0299. The first-order chi connectivity index (χ1) is 14.2. The molecule has 0 unspecified atom stereocenters. The summed E-state index contributed by atoms with van der Waals surface area (Å²) in [4.78, 5) is 26.9. The molecule has 1 saturated heterocycles. The predicted molar refractivity (Wildman–Crippen MR) is 102 cm³/mol. The minimum Gasteiger partial charge on any atom is -0.497 e. The summed E-state index contributed by atoms with van der Waals surface area (Å²) in [5.41, 5.74) is -0.767. The number of fused-ring (bicyclic) bond motifs is 1. The van der Waals surface area contributed by atoms with E-state index in [1.807, 2.05) is 0 Å². The Bertz CT molecular complexity index is 977. The van der Waals surface area contributed by atoms with Crippen LogP contribution in [0.1, 0.15) is 45.5 Å². The maximum atomic E-state index is 12.7. The number of carbonyl (C=O) groups is 2. The lowest BCUT2D eigenvalue weighted by molar-refractivity contribution is -0.137. The van der Waals surface area contributed by atoms with E-state index in [-0.39, 0.29) is 23.7 Å². The van der Waals surface area contributed by atoms with Gasteiger partial charge in [0.15, 0.2) is 5.78 Å². The maximum Gasteiger partial charge on any atom is 0.416 e. The van der Waals surface area contributed by atoms with Crippen molar-refractivity contribution in [2.45, 2.75) is 31.0 Å². The second-order valence-corrected chi connectivity index (χ2v) is 7.61. The summed E-state index contributed by atoms with van der Waals surface area (Å²) in [6, 6.07) is 9.31. The molecule has 0 saturated carbocycles. The summed E-state index contributed by atoms with van der Waals surface area (Å²) < 4.78 is 49.5. The fourth-order valence-corrected chi connectivity index (χ4v) is 3.98. The van der Waals surface area contributed by atoms with Gasteiger partial charge >= 0.3 is 6.18 Å². The SMILES string of the molecule is COc1ccc2c(c1)C(=O)CC1(CCN(C(=O)c3ccc(C(F)(F)F)cc3)CC1)O2. The Balaban J connectivity index is 1.44. The molecule has 8 heteroatoms. The predicted octanol–water partition coefficient (Wildman–Crippen LogP) is 4.35. The minimum atomic E-state index is -4.44. The molecule has 1 amide bonds. The Hall–Kier alpha value is -3.03. The van der Waals surface area contributed by atoms with Crippen molar-refractivity contribution < 1.29 is 32.2 Å². The van der Waals surface area contributed by atoms with Crippen molar-refractivity contribution in [3.63, 3.8) is 0 Å². The number of Topliss-reactive ketones (excluding diaryl/α,β-unsaturated/α-hetero) is 1. The monoisotopic (exact) mass is 419 g/mol. The van der Waals surface area contributed by atoms with Gasteiger partial charge in [0.05, 0.1) is 24.7 Å². The van der Waals surface area contributed by atoms with Gasteiger partial charge in [-0.2, -0.15) is 13.2 Å². The summed E-state index contributed by atoms with van der Waals surface area (Å²) in [5.74, 6) is 0.733. The van der Waals surface area contributed by atoms with Crippen molar-refractivity contribution in [2.24, 2.45) is 0 Å². The zero-order valence-electron chi connectivity index (χ0n) is 16.3. The van der Waals surface area contributed by atoms with Gasteiger partial charge < -0.3 is 14.4 Å². The summed E-state index contributed by atoms with van der Waals surface area (Å²) in [6.45, 7) is 0.719. The van der Waals surface area contributed by atoms with E-state index in [0.29, 0.717) is 43.0 Å². The van der Waals surface area contributed by atoms with Crippen LogP contribution in [0.2, 0.25) is 0 Å². The second-order valence-electron chi connectivity index (χ2n) is 7.61. The molecule has 1 spiro atoms. The van der Waals surface area contributed by atoms with Gasteiger partial charge in [-0.3, -0.25) is 9.59 Å². The lowest BCUT2D eigenvalue weighted by Crippen LogP contribution is -2.52. The number of ether oxygens (including phenoxy) is 2. The third-order valence-electron chi connectivity index (χ3n) is 5.72. The number of halogens is 3. The lowest BCUT2D eigenvalue weighted by Gasteiger charge is -2.44. The quantitative estimate of drug-likeness (QED) is 0.726. The molecule has 0 atom stereocenters. The number of alkyl halides is 3. The van der Waals surface area contributed by atoms with Gasteiger partial charge in [0, 0.05) is 31.5 Å². The maximum absolute atomic E-state index is 12.7. The van der Waals surface area contributed by atoms with Gasteiger partial charge in [-0.1, -0.05) is 0 Å². The average molecular weight is 419 g/mol. The van der Waals surface area contributed by atoms with E-state index in [2.05, 4.69) is 0 Å². The lowest BCUT2D eigenvalue weighted by atomic mass is 9.82. The molecule has 2 aliphatic heterocycles. The van der Waals surface area contributed by atoms with Crippen molar-refractivity contribution in [3.05, 3.63) is 59.2 Å². The Morgan fingerprint density at radius 1 is 1.10 bits per heavy atom. The molecule has 1 fully saturated rings. The fraction of sp³-hybridized carbons (Fsp3) is 0.364. The molecule has 5 nitrogen and oxygen atoms in total. The van der Waals surface area contributed by atoms with Crippen LogP contribution in [0.15, 0.2) is 42.5 Å². The third-order valence-corrected chi connectivity index (χ3v) is 5.72. The highest BCUT2D eigenvalue weighted by Gasteiger charge is 2.44. The van der Waals surface area contributed by atoms with E-state index in [9.17, 15) is 22.8 Å². The zero-order valence-corrected chi connectivity index (χ0v) is 16.3. The molecule has 2 heterocycles. The number of methoxy groups -OCH3 is 1. The summed E-state index contributed by atoms with van der Waals surface area (Å²) in [7, 11) is 1.53. The molecule has 2 aromatic rings. The Labute approximate surface area is 171 Å². The van der Waals surface area contributed by atoms with E-state index in [1.165, 1.54) is 19.2 Å².